The predicted octanol–water partition coefficient (Wildman–Crippen LogP) is 3.86. The quantitative estimate of drug-likeness (QED) is 0.373. The summed E-state index contributed by atoms with van der Waals surface area (Å²) in [6, 6.07) is 13.0. The van der Waals surface area contributed by atoms with Crippen LogP contribution in [0.15, 0.2) is 42.5 Å². The second-order valence-corrected chi connectivity index (χ2v) is 8.30. The molecule has 4 rings (SSSR count). The highest BCUT2D eigenvalue weighted by atomic mass is 16.2. The van der Waals surface area contributed by atoms with Gasteiger partial charge in [0, 0.05) is 46.5 Å². The third kappa shape index (κ3) is 4.03. The number of rotatable bonds is 5. The molecule has 0 bridgehead atoms. The summed E-state index contributed by atoms with van der Waals surface area (Å²) in [5, 5.41) is 11.3. The number of aromatic amines is 1. The molecule has 2 amide bonds. The van der Waals surface area contributed by atoms with Gasteiger partial charge >= 0.3 is 0 Å². The van der Waals surface area contributed by atoms with Crippen molar-refractivity contribution in [1.29, 1.82) is 5.41 Å². The Labute approximate surface area is 181 Å². The number of nitrogens with zero attached hydrogens (tertiary/aromatic N) is 1. The number of nitrogens with two attached hydrogens (primary N) is 1. The number of carbonyl (C=O) groups is 2. The van der Waals surface area contributed by atoms with Crippen LogP contribution in [0.4, 0.5) is 5.69 Å². The molecule has 2 heterocycles. The van der Waals surface area contributed by atoms with Gasteiger partial charge in [-0.15, -0.1) is 0 Å². The normalized spacial score (nSPS) is 16.1. The lowest BCUT2D eigenvalue weighted by Gasteiger charge is -2.25. The van der Waals surface area contributed by atoms with Crippen LogP contribution in [0.2, 0.25) is 0 Å². The molecule has 2 aromatic carbocycles. The van der Waals surface area contributed by atoms with Crippen molar-refractivity contribution in [2.75, 3.05) is 12.3 Å². The molecule has 0 saturated carbocycles. The molecule has 1 saturated heterocycles. The number of H-pyrrole nitrogens is 1. The van der Waals surface area contributed by atoms with Gasteiger partial charge in [-0.25, -0.2) is 0 Å². The van der Waals surface area contributed by atoms with E-state index >= 15 is 0 Å². The summed E-state index contributed by atoms with van der Waals surface area (Å²) < 4.78 is 0. The molecule has 5 N–H and O–H groups in total. The topological polar surface area (TPSA) is 115 Å². The molecular formula is C24H27N5O2. The Hall–Kier alpha value is -3.61. The first-order valence-corrected chi connectivity index (χ1v) is 10.5. The molecule has 0 radical (unpaired) electrons. The van der Waals surface area contributed by atoms with Crippen LogP contribution in [0.5, 0.6) is 0 Å². The Morgan fingerprint density at radius 3 is 2.77 bits per heavy atom. The molecule has 3 aromatic rings. The minimum atomic E-state index is -0.129. The van der Waals surface area contributed by atoms with E-state index in [1.807, 2.05) is 43.0 Å². The van der Waals surface area contributed by atoms with E-state index in [2.05, 4.69) is 10.3 Å². The van der Waals surface area contributed by atoms with Crippen LogP contribution in [0.3, 0.4) is 0 Å². The Kier molecular flexibility index (Phi) is 5.50. The standard InChI is InChI=1S/C24H27N5O2/c1-14(2)27-23(30)21-11-15-5-6-16(12-20(15)28-21)22-4-3-9-29(22)24(31)17-7-8-19(26)18(10-17)13-25/h5-8,10-14,22,25,28H,3-4,9,26H2,1-2H3,(H,27,30). The van der Waals surface area contributed by atoms with Gasteiger partial charge in [-0.05, 0) is 62.6 Å². The summed E-state index contributed by atoms with van der Waals surface area (Å²) in [5.41, 5.74) is 9.88. The van der Waals surface area contributed by atoms with E-state index in [9.17, 15) is 9.59 Å². The smallest absolute Gasteiger partial charge is 0.267 e. The molecule has 1 aromatic heterocycles. The van der Waals surface area contributed by atoms with Gasteiger partial charge in [-0.1, -0.05) is 12.1 Å². The number of carbonyl (C=O) groups excluding carboxylic acids is 2. The third-order valence-electron chi connectivity index (χ3n) is 5.70. The molecule has 1 fully saturated rings. The summed E-state index contributed by atoms with van der Waals surface area (Å²) in [4.78, 5) is 30.6. The van der Waals surface area contributed by atoms with Gasteiger partial charge in [0.05, 0.1) is 6.04 Å². The lowest BCUT2D eigenvalue weighted by Crippen LogP contribution is -2.30. The van der Waals surface area contributed by atoms with E-state index in [-0.39, 0.29) is 23.9 Å². The summed E-state index contributed by atoms with van der Waals surface area (Å²) >= 11 is 0. The Bertz CT molecular complexity index is 1160. The van der Waals surface area contributed by atoms with E-state index in [1.165, 1.54) is 6.21 Å². The maximum absolute atomic E-state index is 13.2. The third-order valence-corrected chi connectivity index (χ3v) is 5.70. The number of amides is 2. The molecule has 160 valence electrons. The number of anilines is 1. The van der Waals surface area contributed by atoms with Gasteiger partial charge in [0.25, 0.3) is 11.8 Å². The second kappa shape index (κ2) is 8.26. The van der Waals surface area contributed by atoms with Crippen LogP contribution in [0.1, 0.15) is 64.7 Å². The monoisotopic (exact) mass is 417 g/mol. The van der Waals surface area contributed by atoms with Crippen LogP contribution < -0.4 is 11.1 Å². The number of aromatic nitrogens is 1. The first-order valence-electron chi connectivity index (χ1n) is 10.5. The number of likely N-dealkylation sites (tertiary alicyclic amines) is 1. The maximum Gasteiger partial charge on any atom is 0.267 e. The van der Waals surface area contributed by atoms with E-state index in [1.54, 1.807) is 18.2 Å². The Morgan fingerprint density at radius 2 is 2.03 bits per heavy atom. The van der Waals surface area contributed by atoms with Crippen LogP contribution in [0, 0.1) is 5.41 Å². The fourth-order valence-electron chi connectivity index (χ4n) is 4.17. The summed E-state index contributed by atoms with van der Waals surface area (Å²) in [5.74, 6) is -0.190. The van der Waals surface area contributed by atoms with Crippen LogP contribution in [-0.2, 0) is 0 Å². The fourth-order valence-corrected chi connectivity index (χ4v) is 4.17. The molecule has 0 spiro atoms. The number of nitrogens with one attached hydrogen (secondary N) is 3. The number of fused-ring (bicyclic) bond motifs is 1. The van der Waals surface area contributed by atoms with E-state index in [0.29, 0.717) is 29.1 Å². The van der Waals surface area contributed by atoms with Gasteiger partial charge in [-0.2, -0.15) is 0 Å². The number of nitrogen functional groups attached to an aromatic ring is 1. The average Bonchev–Trinajstić information content (AvgIpc) is 3.39. The van der Waals surface area contributed by atoms with Crippen molar-refractivity contribution in [3.8, 4) is 0 Å². The fraction of sp³-hybridized carbons (Fsp3) is 0.292. The van der Waals surface area contributed by atoms with Crippen molar-refractivity contribution in [3.05, 3.63) is 64.8 Å². The number of benzene rings is 2. The van der Waals surface area contributed by atoms with Gasteiger partial charge in [-0.3, -0.25) is 9.59 Å². The minimum absolute atomic E-state index is 0.0332. The van der Waals surface area contributed by atoms with Gasteiger partial charge < -0.3 is 26.3 Å². The van der Waals surface area contributed by atoms with Gasteiger partial charge in [0.15, 0.2) is 0 Å². The highest BCUT2D eigenvalue weighted by molar-refractivity contribution is 5.99. The average molecular weight is 418 g/mol. The van der Waals surface area contributed by atoms with Gasteiger partial charge in [0.1, 0.15) is 5.69 Å². The molecule has 1 atom stereocenters. The van der Waals surface area contributed by atoms with Crippen molar-refractivity contribution in [2.24, 2.45) is 0 Å². The number of hydrogen-bond donors (Lipinski definition) is 4. The molecule has 1 unspecified atom stereocenters. The first kappa shape index (κ1) is 20.7. The van der Waals surface area contributed by atoms with Crippen molar-refractivity contribution in [2.45, 2.75) is 38.8 Å². The first-order chi connectivity index (χ1) is 14.9. The van der Waals surface area contributed by atoms with Gasteiger partial charge in [0.2, 0.25) is 0 Å². The van der Waals surface area contributed by atoms with Crippen LogP contribution in [0.25, 0.3) is 10.9 Å². The lowest BCUT2D eigenvalue weighted by atomic mass is 10.0. The molecule has 0 aliphatic carbocycles. The maximum atomic E-state index is 13.2. The summed E-state index contributed by atoms with van der Waals surface area (Å²) in [6.45, 7) is 4.53. The lowest BCUT2D eigenvalue weighted by molar-refractivity contribution is 0.0735. The van der Waals surface area contributed by atoms with Crippen molar-refractivity contribution in [1.82, 2.24) is 15.2 Å². The molecule has 7 nitrogen and oxygen atoms in total. The van der Waals surface area contributed by atoms with Crippen molar-refractivity contribution >= 4 is 34.6 Å². The zero-order valence-corrected chi connectivity index (χ0v) is 17.7. The molecular weight excluding hydrogens is 390 g/mol. The van der Waals surface area contributed by atoms with Crippen LogP contribution in [-0.4, -0.2) is 40.5 Å². The van der Waals surface area contributed by atoms with E-state index < -0.39 is 0 Å². The Morgan fingerprint density at radius 1 is 1.23 bits per heavy atom. The highest BCUT2D eigenvalue weighted by Crippen LogP contribution is 2.35. The Balaban J connectivity index is 1.61. The van der Waals surface area contributed by atoms with Crippen molar-refractivity contribution < 1.29 is 9.59 Å². The molecule has 7 heteroatoms. The minimum Gasteiger partial charge on any atom is -0.398 e. The zero-order chi connectivity index (χ0) is 22.1. The summed E-state index contributed by atoms with van der Waals surface area (Å²) in [7, 11) is 0. The van der Waals surface area contributed by atoms with E-state index in [4.69, 9.17) is 11.1 Å². The number of hydrogen-bond acceptors (Lipinski definition) is 4. The second-order valence-electron chi connectivity index (χ2n) is 8.30. The largest absolute Gasteiger partial charge is 0.398 e. The molecule has 1 aliphatic rings. The zero-order valence-electron chi connectivity index (χ0n) is 17.7. The summed E-state index contributed by atoms with van der Waals surface area (Å²) in [6.07, 6.45) is 2.97. The van der Waals surface area contributed by atoms with E-state index in [0.717, 1.165) is 29.3 Å². The SMILES string of the molecule is CC(C)NC(=O)c1cc2ccc(C3CCCN3C(=O)c3ccc(N)c(C=N)c3)cc2[nH]1. The van der Waals surface area contributed by atoms with Crippen molar-refractivity contribution in [3.63, 3.8) is 0 Å². The predicted molar refractivity (Wildman–Crippen MR) is 123 cm³/mol. The molecule has 31 heavy (non-hydrogen) atoms. The molecule has 1 aliphatic heterocycles. The van der Waals surface area contributed by atoms with Crippen LogP contribution >= 0.6 is 0 Å². The highest BCUT2D eigenvalue weighted by Gasteiger charge is 2.31.